The highest BCUT2D eigenvalue weighted by Gasteiger charge is 2.33. The first kappa shape index (κ1) is 14.5. The highest BCUT2D eigenvalue weighted by Crippen LogP contribution is 2.25. The fraction of sp³-hybridized carbons (Fsp3) is 0.312. The van der Waals surface area contributed by atoms with Gasteiger partial charge in [-0.25, -0.2) is 9.97 Å². The molecule has 3 rings (SSSR count). The number of amides is 1. The topological polar surface area (TPSA) is 76.1 Å². The molecule has 1 fully saturated rings. The number of aromatic nitrogens is 2. The quantitative estimate of drug-likeness (QED) is 0.883. The van der Waals surface area contributed by atoms with E-state index in [9.17, 15) is 4.79 Å². The van der Waals surface area contributed by atoms with E-state index < -0.39 is 0 Å². The molecule has 0 aliphatic carbocycles. The molecule has 1 saturated heterocycles. The van der Waals surface area contributed by atoms with Gasteiger partial charge in [0, 0.05) is 35.6 Å². The number of carbonyl (C=O) groups is 1. The molecule has 0 atom stereocenters. The highest BCUT2D eigenvalue weighted by atomic mass is 16.5. The number of hydrogen-bond acceptors (Lipinski definition) is 5. The van der Waals surface area contributed by atoms with E-state index in [4.69, 9.17) is 4.74 Å². The normalized spacial score (nSPS) is 15.7. The lowest BCUT2D eigenvalue weighted by molar-refractivity contribution is -0.0978. The Hall–Kier alpha value is -2.47. The Labute approximate surface area is 128 Å². The Morgan fingerprint density at radius 3 is 2.73 bits per heavy atom. The van der Waals surface area contributed by atoms with Crippen LogP contribution in [-0.2, 0) is 4.74 Å². The standard InChI is InChI=1S/C16H18N4O2/c1-16(10-22-11-16)9-19-14(21)12-4-2-5-13(8-12)20-15-17-6-3-7-18-15/h2-8H,9-11H2,1H3,(H,19,21)(H,17,18,20). The number of ether oxygens (including phenoxy) is 1. The van der Waals surface area contributed by atoms with Gasteiger partial charge in [0.15, 0.2) is 0 Å². The van der Waals surface area contributed by atoms with Crippen molar-refractivity contribution in [2.24, 2.45) is 5.41 Å². The van der Waals surface area contributed by atoms with Gasteiger partial charge in [-0.15, -0.1) is 0 Å². The summed E-state index contributed by atoms with van der Waals surface area (Å²) in [5.41, 5.74) is 1.44. The Kier molecular flexibility index (Phi) is 4.02. The minimum atomic E-state index is -0.0919. The van der Waals surface area contributed by atoms with Crippen molar-refractivity contribution in [3.05, 3.63) is 48.3 Å². The monoisotopic (exact) mass is 298 g/mol. The summed E-state index contributed by atoms with van der Waals surface area (Å²) in [6.45, 7) is 4.10. The molecule has 2 aromatic rings. The molecule has 1 aliphatic heterocycles. The molecule has 6 nitrogen and oxygen atoms in total. The minimum absolute atomic E-state index is 0.0589. The van der Waals surface area contributed by atoms with Crippen molar-refractivity contribution < 1.29 is 9.53 Å². The third kappa shape index (κ3) is 3.40. The summed E-state index contributed by atoms with van der Waals surface area (Å²) in [5, 5.41) is 6.03. The van der Waals surface area contributed by atoms with Crippen LogP contribution in [0.25, 0.3) is 0 Å². The average molecular weight is 298 g/mol. The van der Waals surface area contributed by atoms with Gasteiger partial charge in [0.1, 0.15) is 0 Å². The van der Waals surface area contributed by atoms with E-state index in [1.165, 1.54) is 0 Å². The summed E-state index contributed by atoms with van der Waals surface area (Å²) in [6, 6.07) is 9.01. The zero-order valence-electron chi connectivity index (χ0n) is 12.4. The van der Waals surface area contributed by atoms with Crippen LogP contribution in [0.4, 0.5) is 11.6 Å². The number of rotatable bonds is 5. The van der Waals surface area contributed by atoms with Crippen LogP contribution in [0, 0.1) is 5.41 Å². The van der Waals surface area contributed by atoms with Crippen LogP contribution >= 0.6 is 0 Å². The SMILES string of the molecule is CC1(CNC(=O)c2cccc(Nc3ncccn3)c2)COC1. The summed E-state index contributed by atoms with van der Waals surface area (Å²) >= 11 is 0. The lowest BCUT2D eigenvalue weighted by Crippen LogP contribution is -2.48. The molecule has 114 valence electrons. The number of carbonyl (C=O) groups excluding carboxylic acids is 1. The summed E-state index contributed by atoms with van der Waals surface area (Å²) in [7, 11) is 0. The van der Waals surface area contributed by atoms with Crippen LogP contribution in [0.3, 0.4) is 0 Å². The Morgan fingerprint density at radius 1 is 1.27 bits per heavy atom. The smallest absolute Gasteiger partial charge is 0.251 e. The Morgan fingerprint density at radius 2 is 2.05 bits per heavy atom. The summed E-state index contributed by atoms with van der Waals surface area (Å²) < 4.78 is 5.19. The van der Waals surface area contributed by atoms with Crippen molar-refractivity contribution in [1.82, 2.24) is 15.3 Å². The average Bonchev–Trinajstić information content (AvgIpc) is 2.52. The van der Waals surface area contributed by atoms with Gasteiger partial charge < -0.3 is 15.4 Å². The molecule has 6 heteroatoms. The molecule has 1 aromatic heterocycles. The van der Waals surface area contributed by atoms with Crippen LogP contribution in [0.15, 0.2) is 42.7 Å². The molecule has 1 aromatic carbocycles. The third-order valence-electron chi connectivity index (χ3n) is 3.52. The van der Waals surface area contributed by atoms with E-state index in [2.05, 4.69) is 27.5 Å². The van der Waals surface area contributed by atoms with Gasteiger partial charge in [-0.2, -0.15) is 0 Å². The second kappa shape index (κ2) is 6.11. The summed E-state index contributed by atoms with van der Waals surface area (Å²) in [4.78, 5) is 20.4. The Bertz CT molecular complexity index is 656. The van der Waals surface area contributed by atoms with Crippen molar-refractivity contribution in [3.8, 4) is 0 Å². The van der Waals surface area contributed by atoms with Crippen LogP contribution in [0.2, 0.25) is 0 Å². The zero-order chi connectivity index (χ0) is 15.4. The molecule has 2 N–H and O–H groups in total. The maximum absolute atomic E-state index is 12.2. The van der Waals surface area contributed by atoms with Crippen molar-refractivity contribution in [2.45, 2.75) is 6.92 Å². The lowest BCUT2D eigenvalue weighted by atomic mass is 9.88. The first-order chi connectivity index (χ1) is 10.6. The number of anilines is 2. The molecule has 0 bridgehead atoms. The molecule has 1 aliphatic rings. The number of nitrogens with zero attached hydrogens (tertiary/aromatic N) is 2. The van der Waals surface area contributed by atoms with E-state index in [-0.39, 0.29) is 11.3 Å². The van der Waals surface area contributed by atoms with Crippen molar-refractivity contribution in [2.75, 3.05) is 25.1 Å². The lowest BCUT2D eigenvalue weighted by Gasteiger charge is -2.38. The second-order valence-electron chi connectivity index (χ2n) is 5.76. The molecule has 22 heavy (non-hydrogen) atoms. The fourth-order valence-electron chi connectivity index (χ4n) is 2.18. The largest absolute Gasteiger partial charge is 0.380 e. The molecular formula is C16H18N4O2. The minimum Gasteiger partial charge on any atom is -0.380 e. The van der Waals surface area contributed by atoms with Gasteiger partial charge in [-0.1, -0.05) is 13.0 Å². The van der Waals surface area contributed by atoms with E-state index in [1.807, 2.05) is 12.1 Å². The maximum atomic E-state index is 12.2. The molecule has 0 radical (unpaired) electrons. The molecule has 0 spiro atoms. The number of benzene rings is 1. The fourth-order valence-corrected chi connectivity index (χ4v) is 2.18. The number of nitrogens with one attached hydrogen (secondary N) is 2. The highest BCUT2D eigenvalue weighted by molar-refractivity contribution is 5.95. The van der Waals surface area contributed by atoms with Gasteiger partial charge in [-0.05, 0) is 24.3 Å². The van der Waals surface area contributed by atoms with E-state index in [0.29, 0.717) is 31.3 Å². The van der Waals surface area contributed by atoms with Crippen LogP contribution in [-0.4, -0.2) is 35.6 Å². The van der Waals surface area contributed by atoms with Gasteiger partial charge in [0.2, 0.25) is 5.95 Å². The molecule has 0 saturated carbocycles. The molecular weight excluding hydrogens is 280 g/mol. The van der Waals surface area contributed by atoms with Crippen LogP contribution in [0.5, 0.6) is 0 Å². The van der Waals surface area contributed by atoms with Crippen LogP contribution < -0.4 is 10.6 Å². The summed E-state index contributed by atoms with van der Waals surface area (Å²) in [5.74, 6) is 0.407. The summed E-state index contributed by atoms with van der Waals surface area (Å²) in [6.07, 6.45) is 3.32. The molecule has 1 amide bonds. The molecule has 2 heterocycles. The molecule has 0 unspecified atom stereocenters. The first-order valence-corrected chi connectivity index (χ1v) is 7.15. The van der Waals surface area contributed by atoms with Crippen molar-refractivity contribution in [3.63, 3.8) is 0 Å². The van der Waals surface area contributed by atoms with E-state index >= 15 is 0 Å². The predicted molar refractivity (Wildman–Crippen MR) is 83.0 cm³/mol. The van der Waals surface area contributed by atoms with Gasteiger partial charge in [0.05, 0.1) is 13.2 Å². The van der Waals surface area contributed by atoms with Gasteiger partial charge >= 0.3 is 0 Å². The van der Waals surface area contributed by atoms with Gasteiger partial charge in [-0.3, -0.25) is 4.79 Å². The Balaban J connectivity index is 1.64. The maximum Gasteiger partial charge on any atom is 0.251 e. The van der Waals surface area contributed by atoms with Crippen LogP contribution in [0.1, 0.15) is 17.3 Å². The first-order valence-electron chi connectivity index (χ1n) is 7.15. The van der Waals surface area contributed by atoms with Crippen molar-refractivity contribution in [1.29, 1.82) is 0 Å². The van der Waals surface area contributed by atoms with E-state index in [0.717, 1.165) is 5.69 Å². The second-order valence-corrected chi connectivity index (χ2v) is 5.76. The zero-order valence-corrected chi connectivity index (χ0v) is 12.4. The van der Waals surface area contributed by atoms with Crippen molar-refractivity contribution >= 4 is 17.5 Å². The predicted octanol–water partition coefficient (Wildman–Crippen LogP) is 1.99. The van der Waals surface area contributed by atoms with E-state index in [1.54, 1.807) is 30.6 Å². The van der Waals surface area contributed by atoms with Gasteiger partial charge in [0.25, 0.3) is 5.91 Å². The number of hydrogen-bond donors (Lipinski definition) is 2. The third-order valence-corrected chi connectivity index (χ3v) is 3.52.